The number of hydrogen-bond acceptors (Lipinski definition) is 4. The summed E-state index contributed by atoms with van der Waals surface area (Å²) in [5, 5.41) is 2.38. The highest BCUT2D eigenvalue weighted by Gasteiger charge is 2.54. The van der Waals surface area contributed by atoms with Crippen molar-refractivity contribution in [2.24, 2.45) is 0 Å². The zero-order valence-corrected chi connectivity index (χ0v) is 37.7. The number of rotatable bonds is 5. The van der Waals surface area contributed by atoms with E-state index in [1.807, 2.05) is 48.5 Å². The molecule has 3 heterocycles. The quantitative estimate of drug-likeness (QED) is 0.173. The molecule has 0 unspecified atom stereocenters. The van der Waals surface area contributed by atoms with Gasteiger partial charge in [-0.05, 0) is 111 Å². The minimum absolute atomic E-state index is 0.645. The van der Waals surface area contributed by atoms with Crippen LogP contribution in [0.25, 0.3) is 94.8 Å². The Labute approximate surface area is 404 Å². The third-order valence-corrected chi connectivity index (χ3v) is 14.7. The van der Waals surface area contributed by atoms with E-state index in [-0.39, 0.29) is 0 Å². The third-order valence-electron chi connectivity index (χ3n) is 14.7. The van der Waals surface area contributed by atoms with Gasteiger partial charge in [-0.15, -0.1) is 0 Å². The summed E-state index contributed by atoms with van der Waals surface area (Å²) in [4.78, 5) is 10.2. The van der Waals surface area contributed by atoms with Gasteiger partial charge in [-0.25, -0.2) is 9.97 Å². The lowest BCUT2D eigenvalue weighted by atomic mass is 9.70. The Morgan fingerprint density at radius 1 is 0.343 bits per heavy atom. The van der Waals surface area contributed by atoms with Crippen LogP contribution >= 0.6 is 0 Å². The Morgan fingerprint density at radius 2 is 0.929 bits per heavy atom. The number of benzene rings is 10. The highest BCUT2D eigenvalue weighted by atomic mass is 16.6. The van der Waals surface area contributed by atoms with Crippen molar-refractivity contribution in [3.05, 3.63) is 259 Å². The predicted molar refractivity (Wildman–Crippen MR) is 281 cm³/mol. The highest BCUT2D eigenvalue weighted by Crippen LogP contribution is 2.67. The van der Waals surface area contributed by atoms with Crippen molar-refractivity contribution in [1.82, 2.24) is 14.5 Å². The van der Waals surface area contributed by atoms with Crippen molar-refractivity contribution in [1.29, 1.82) is 0 Å². The average molecular weight is 894 g/mol. The van der Waals surface area contributed by atoms with Crippen LogP contribution in [-0.2, 0) is 5.41 Å². The fourth-order valence-corrected chi connectivity index (χ4v) is 11.7. The molecule has 0 fully saturated rings. The number of para-hydroxylation sites is 3. The van der Waals surface area contributed by atoms with Gasteiger partial charge < -0.3 is 14.0 Å². The molecule has 0 amide bonds. The summed E-state index contributed by atoms with van der Waals surface area (Å²) >= 11 is 0. The van der Waals surface area contributed by atoms with Gasteiger partial charge in [-0.2, -0.15) is 0 Å². The first-order chi connectivity index (χ1) is 34.7. The normalized spacial score (nSPS) is 13.2. The first-order valence-electron chi connectivity index (χ1n) is 23.8. The summed E-state index contributed by atoms with van der Waals surface area (Å²) in [5.74, 6) is 3.63. The van der Waals surface area contributed by atoms with Crippen molar-refractivity contribution in [3.63, 3.8) is 0 Å². The number of ether oxygens (including phenoxy) is 2. The van der Waals surface area contributed by atoms with Gasteiger partial charge in [0, 0.05) is 38.7 Å². The van der Waals surface area contributed by atoms with Gasteiger partial charge in [-0.3, -0.25) is 0 Å². The van der Waals surface area contributed by atoms with Crippen molar-refractivity contribution >= 4 is 21.8 Å². The topological polar surface area (TPSA) is 49.2 Å². The summed E-state index contributed by atoms with van der Waals surface area (Å²) in [5.41, 5.74) is 19.5. The molecule has 15 rings (SSSR count). The number of fused-ring (bicyclic) bond motifs is 16. The maximum absolute atomic E-state index is 6.96. The molecule has 0 saturated carbocycles. The van der Waals surface area contributed by atoms with E-state index < -0.39 is 5.41 Å². The van der Waals surface area contributed by atoms with Gasteiger partial charge in [-0.1, -0.05) is 176 Å². The number of hydrogen-bond donors (Lipinski definition) is 0. The molecule has 2 aromatic heterocycles. The number of aromatic nitrogens is 3. The van der Waals surface area contributed by atoms with Crippen LogP contribution in [0.4, 0.5) is 0 Å². The Hall–Kier alpha value is -9.32. The van der Waals surface area contributed by atoms with E-state index in [4.69, 9.17) is 19.4 Å². The van der Waals surface area contributed by atoms with E-state index in [0.717, 1.165) is 90.1 Å². The van der Waals surface area contributed by atoms with E-state index in [1.165, 1.54) is 44.2 Å². The zero-order chi connectivity index (χ0) is 45.9. The molecule has 0 saturated heterocycles. The molecule has 0 radical (unpaired) electrons. The first-order valence-corrected chi connectivity index (χ1v) is 23.8. The van der Waals surface area contributed by atoms with Crippen LogP contribution in [0.5, 0.6) is 23.0 Å². The summed E-state index contributed by atoms with van der Waals surface area (Å²) in [7, 11) is 0. The molecule has 326 valence electrons. The van der Waals surface area contributed by atoms with Gasteiger partial charge in [0.25, 0.3) is 0 Å². The molecule has 5 heteroatoms. The fraction of sp³-hybridized carbons (Fsp3) is 0.0154. The Balaban J connectivity index is 0.891. The Bertz CT molecular complexity index is 4030. The van der Waals surface area contributed by atoms with Crippen LogP contribution < -0.4 is 9.47 Å². The lowest BCUT2D eigenvalue weighted by molar-refractivity contribution is 0.354. The largest absolute Gasteiger partial charge is 0.450 e. The summed E-state index contributed by atoms with van der Waals surface area (Å²) in [6.07, 6.45) is 0. The maximum atomic E-state index is 6.96. The van der Waals surface area contributed by atoms with Crippen molar-refractivity contribution < 1.29 is 9.47 Å². The second kappa shape index (κ2) is 14.8. The second-order valence-corrected chi connectivity index (χ2v) is 18.4. The number of nitrogens with zero attached hydrogens (tertiary/aromatic N) is 3. The third kappa shape index (κ3) is 5.54. The second-order valence-electron chi connectivity index (χ2n) is 18.4. The molecule has 3 aliphatic rings. The van der Waals surface area contributed by atoms with Gasteiger partial charge in [0.15, 0.2) is 28.8 Å². The van der Waals surface area contributed by atoms with Crippen LogP contribution in [0.15, 0.2) is 237 Å². The van der Waals surface area contributed by atoms with E-state index in [1.54, 1.807) is 0 Å². The molecule has 12 aromatic rings. The lowest BCUT2D eigenvalue weighted by Gasteiger charge is -2.33. The van der Waals surface area contributed by atoms with Crippen LogP contribution in [0.1, 0.15) is 22.3 Å². The van der Waals surface area contributed by atoms with E-state index in [9.17, 15) is 0 Å². The molecule has 1 aliphatic heterocycles. The van der Waals surface area contributed by atoms with Gasteiger partial charge in [0.05, 0.1) is 27.8 Å². The molecular formula is C65H39N3O2. The van der Waals surface area contributed by atoms with E-state index >= 15 is 0 Å². The molecule has 0 bridgehead atoms. The van der Waals surface area contributed by atoms with Crippen LogP contribution in [-0.4, -0.2) is 14.5 Å². The predicted octanol–water partition coefficient (Wildman–Crippen LogP) is 16.5. The standard InChI is InChI=1S/C65H39N3O2/c1-3-16-40(17-4-1)55-39-56(67-64(66-55)41-18-5-2-6-19-41)44-20-15-21-45(36-44)68-57-27-12-9-24-49(57)51-37-42(31-34-58(51)68)43-30-32-48-50-33-35-61-63(70-60-29-14-13-28-59(60)69-61)62(50)65(54(48)38-43)52-25-10-7-22-46(52)47-23-8-11-26-53(47)65/h1-39H. The highest BCUT2D eigenvalue weighted by molar-refractivity contribution is 6.11. The van der Waals surface area contributed by atoms with Gasteiger partial charge in [0.1, 0.15) is 0 Å². The molecule has 0 N–H and O–H groups in total. The minimum atomic E-state index is -0.645. The molecule has 5 nitrogen and oxygen atoms in total. The Morgan fingerprint density at radius 3 is 1.71 bits per heavy atom. The van der Waals surface area contributed by atoms with Crippen molar-refractivity contribution in [2.45, 2.75) is 5.41 Å². The van der Waals surface area contributed by atoms with Crippen LogP contribution in [0.2, 0.25) is 0 Å². The maximum Gasteiger partial charge on any atom is 0.175 e. The summed E-state index contributed by atoms with van der Waals surface area (Å²) in [6.45, 7) is 0. The molecular weight excluding hydrogens is 855 g/mol. The first kappa shape index (κ1) is 38.8. The SMILES string of the molecule is c1ccc(-c2cc(-c3cccc(-n4c5ccccc5c5cc(-c6ccc7c(c6)C6(c8ccccc8-c8ccccc86)c6c-7ccc7c6Oc6ccccc6O7)ccc54)c3)nc(-c3ccccc3)n2)cc1. The van der Waals surface area contributed by atoms with Crippen LogP contribution in [0, 0.1) is 0 Å². The molecule has 2 aliphatic carbocycles. The van der Waals surface area contributed by atoms with E-state index in [0.29, 0.717) is 5.82 Å². The van der Waals surface area contributed by atoms with Crippen LogP contribution in [0.3, 0.4) is 0 Å². The molecule has 1 spiro atoms. The molecule has 10 aromatic carbocycles. The van der Waals surface area contributed by atoms with Crippen molar-refractivity contribution in [2.75, 3.05) is 0 Å². The van der Waals surface area contributed by atoms with E-state index in [2.05, 4.69) is 193 Å². The zero-order valence-electron chi connectivity index (χ0n) is 37.7. The fourth-order valence-electron chi connectivity index (χ4n) is 11.7. The lowest BCUT2D eigenvalue weighted by Crippen LogP contribution is -2.27. The summed E-state index contributed by atoms with van der Waals surface area (Å²) in [6, 6.07) is 84.2. The smallest absolute Gasteiger partial charge is 0.175 e. The summed E-state index contributed by atoms with van der Waals surface area (Å²) < 4.78 is 16.0. The van der Waals surface area contributed by atoms with Gasteiger partial charge in [0.2, 0.25) is 0 Å². The molecule has 0 atom stereocenters. The average Bonchev–Trinajstić information content (AvgIpc) is 4.05. The molecule has 70 heavy (non-hydrogen) atoms. The van der Waals surface area contributed by atoms with Gasteiger partial charge >= 0.3 is 0 Å². The monoisotopic (exact) mass is 893 g/mol. The van der Waals surface area contributed by atoms with Crippen molar-refractivity contribution in [3.8, 4) is 96.0 Å². The Kier molecular flexibility index (Phi) is 8.21. The minimum Gasteiger partial charge on any atom is -0.450 e.